The van der Waals surface area contributed by atoms with Crippen molar-refractivity contribution in [2.24, 2.45) is 0 Å². The minimum atomic E-state index is -2.32. The Morgan fingerprint density at radius 2 is 0.427 bits per heavy atom. The topological polar surface area (TPSA) is 577 Å². The highest BCUT2D eigenvalue weighted by molar-refractivity contribution is 6.32. The maximum atomic E-state index is 12.4. The van der Waals surface area contributed by atoms with Crippen molar-refractivity contribution < 1.29 is 183 Å². The van der Waals surface area contributed by atoms with Gasteiger partial charge in [0.25, 0.3) is 0 Å². The van der Waals surface area contributed by atoms with Crippen LogP contribution in [-0.4, -0.2) is 375 Å². The summed E-state index contributed by atoms with van der Waals surface area (Å²) in [7, 11) is 0. The average Bonchev–Trinajstić information content (AvgIpc) is 3.67. The van der Waals surface area contributed by atoms with Crippen molar-refractivity contribution in [3.8, 4) is 0 Å². The number of carbonyl (C=O) groups is 2. The lowest BCUT2D eigenvalue weighted by Gasteiger charge is -2.50. The molecule has 0 radical (unpaired) electrons. The minimum absolute atomic E-state index is 0.828. The monoisotopic (exact) mass is 1200 g/mol. The number of aliphatic hydroxyl groups is 20. The van der Waals surface area contributed by atoms with Gasteiger partial charge in [-0.15, -0.1) is 0 Å². The molecule has 20 N–H and O–H groups in total. The Morgan fingerprint density at radius 1 is 0.268 bits per heavy atom. The first kappa shape index (κ1) is 65.7. The minimum Gasteiger partial charge on any atom is -0.457 e. The van der Waals surface area contributed by atoms with Gasteiger partial charge in [-0.1, -0.05) is 0 Å². The van der Waals surface area contributed by atoms with Crippen molar-refractivity contribution >= 4 is 11.8 Å². The SMILES string of the molecule is CC(=O)C(=O)OC[C@H]1O[C@@H]2O[C@H]3[C@@H](O)[C@@H](O)[C@@H](O[C@H]4[C@H](O)[C@H](O)[C@@H](O[C@H]5[C@H](O)[C@@H](O)[C@@H](O[C@H]6[C@H](O)[C@@H](O)[C@@H](O[C@H]7[C@H](O)[C@@H](O)[C@@H](O[C@H]8[C@H](O)[C@@H](O)[C@@H](O[C@H]1[C@H](O)[C@H]2O)O[C@@H]8CO)O[C@@H]7CO)O[C@@H]6CO)O[C@@H]5CO)O[C@@H]4CO)O[C@@H]3CO. The number of aliphatic hydroxyl groups excluding tert-OH is 20. The molecular weight excluding hydrogens is 1130 g/mol. The Labute approximate surface area is 462 Å². The van der Waals surface area contributed by atoms with Gasteiger partial charge in [-0.25, -0.2) is 4.79 Å². The highest BCUT2D eigenvalue weighted by atomic mass is 16.8. The van der Waals surface area contributed by atoms with Crippen molar-refractivity contribution in [3.63, 3.8) is 0 Å². The Morgan fingerprint density at radius 3 is 0.585 bits per heavy atom. The summed E-state index contributed by atoms with van der Waals surface area (Å²) in [5, 5.41) is 222. The molecule has 37 heteroatoms. The van der Waals surface area contributed by atoms with Crippen LogP contribution in [-0.2, 0) is 80.6 Å². The summed E-state index contributed by atoms with van der Waals surface area (Å²) in [6.07, 6.45) is -72.3. The van der Waals surface area contributed by atoms with Gasteiger partial charge < -0.3 is 173 Å². The molecule has 0 unspecified atom stereocenters. The zero-order chi connectivity index (χ0) is 59.9. The fourth-order valence-corrected chi connectivity index (χ4v) is 10.7. The third-order valence-corrected chi connectivity index (χ3v) is 15.3. The number of rotatable bonds is 9. The lowest BCUT2D eigenvalue weighted by Crippen LogP contribution is -2.68. The predicted octanol–water partition coefficient (Wildman–Crippen LogP) is -15.1. The van der Waals surface area contributed by atoms with Gasteiger partial charge in [-0.3, -0.25) is 4.79 Å². The standard InChI is InChI=1S/C45H72O37/c1-9(52)38(67)68-8-16-37-23(59)30(66)45(75-16)81-36-15(7-51)73-43(28(64)21(36)57)79-34-13(5-49)71-41(26(62)19(34)55)77-32-11(3-47)69-39(24(60)17(32)53)76-31-10(2-46)70-40(25(61)18(31)54)78-33-12(4-48)72-42(27(63)20(33)56)80-35-14(6-50)74-44(82-37)29(65)22(35)58/h10-37,39-51,53-66H,2-8H2,1H3/t10-,11-,12-,13-,14-,15-,16-,17-,18-,19-,20-,21+,22-,23-,24-,25-,26+,27-,28-,29-,30-,31-,32-,33-,34-,35-,36-,37-,39-,40-,41-,42-,43-,44-,45-/m1/s1. The number of Topliss-reactive ketones (excluding diaryl/α,β-unsaturated/α-hetero) is 1. The molecular formula is C45H72O37. The molecule has 0 spiro atoms. The van der Waals surface area contributed by atoms with Gasteiger partial charge in [-0.05, 0) is 0 Å². The smallest absolute Gasteiger partial charge is 0.374 e. The van der Waals surface area contributed by atoms with E-state index < -0.39 is 273 Å². The van der Waals surface area contributed by atoms with E-state index in [9.17, 15) is 112 Å². The first-order chi connectivity index (χ1) is 38.9. The van der Waals surface area contributed by atoms with E-state index in [1.54, 1.807) is 0 Å². The predicted molar refractivity (Wildman–Crippen MR) is 243 cm³/mol. The van der Waals surface area contributed by atoms with E-state index in [-0.39, 0.29) is 0 Å². The first-order valence-electron chi connectivity index (χ1n) is 26.0. The number of hydrogen-bond acceptors (Lipinski definition) is 37. The molecule has 35 atom stereocenters. The van der Waals surface area contributed by atoms with Gasteiger partial charge in [-0.2, -0.15) is 0 Å². The van der Waals surface area contributed by atoms with Crippen LogP contribution >= 0.6 is 0 Å². The average molecular weight is 1210 g/mol. The Kier molecular flexibility index (Phi) is 22.3. The van der Waals surface area contributed by atoms with Crippen LogP contribution in [0.5, 0.6) is 0 Å². The number of ketones is 1. The number of carbonyl (C=O) groups excluding carboxylic acids is 2. The molecule has 0 aromatic heterocycles. The second-order valence-corrected chi connectivity index (χ2v) is 20.6. The molecule has 474 valence electrons. The van der Waals surface area contributed by atoms with Gasteiger partial charge in [0, 0.05) is 6.92 Å². The summed E-state index contributed by atoms with van der Waals surface area (Å²) in [5.41, 5.74) is 0. The van der Waals surface area contributed by atoms with Gasteiger partial charge in [0.1, 0.15) is 178 Å². The third-order valence-electron chi connectivity index (χ3n) is 15.3. The van der Waals surface area contributed by atoms with Crippen LogP contribution in [0.4, 0.5) is 0 Å². The molecule has 0 saturated carbocycles. The summed E-state index contributed by atoms with van der Waals surface area (Å²) in [6, 6.07) is 0. The van der Waals surface area contributed by atoms with Crippen molar-refractivity contribution in [2.75, 3.05) is 46.2 Å². The molecule has 21 fully saturated rings. The normalized spacial score (nSPS) is 52.6. The Bertz CT molecular complexity index is 2030. The lowest BCUT2D eigenvalue weighted by molar-refractivity contribution is -0.396. The zero-order valence-corrected chi connectivity index (χ0v) is 43.0. The first-order valence-corrected chi connectivity index (χ1v) is 26.0. The van der Waals surface area contributed by atoms with E-state index in [1.807, 2.05) is 0 Å². The van der Waals surface area contributed by atoms with E-state index in [0.29, 0.717) is 0 Å². The van der Waals surface area contributed by atoms with Crippen LogP contribution in [0.1, 0.15) is 6.92 Å². The van der Waals surface area contributed by atoms with Crippen LogP contribution < -0.4 is 0 Å². The zero-order valence-electron chi connectivity index (χ0n) is 43.0. The number of ether oxygens (including phenoxy) is 15. The summed E-state index contributed by atoms with van der Waals surface area (Å²) in [5.74, 6) is -2.60. The fourth-order valence-electron chi connectivity index (χ4n) is 10.7. The molecule has 37 nitrogen and oxygen atoms in total. The van der Waals surface area contributed by atoms with E-state index in [4.69, 9.17) is 71.1 Å². The highest BCUT2D eigenvalue weighted by Gasteiger charge is 2.59. The molecule has 21 aliphatic rings. The summed E-state index contributed by atoms with van der Waals surface area (Å²) in [6.45, 7) is -6.70. The molecule has 21 heterocycles. The summed E-state index contributed by atoms with van der Waals surface area (Å²) in [4.78, 5) is 24.2. The molecule has 0 aromatic rings. The maximum Gasteiger partial charge on any atom is 0.374 e. The lowest BCUT2D eigenvalue weighted by atomic mass is 9.95. The van der Waals surface area contributed by atoms with Crippen LogP contribution in [0.2, 0.25) is 0 Å². The van der Waals surface area contributed by atoms with E-state index >= 15 is 0 Å². The van der Waals surface area contributed by atoms with Crippen LogP contribution in [0, 0.1) is 0 Å². The molecule has 21 aliphatic heterocycles. The van der Waals surface area contributed by atoms with Crippen molar-refractivity contribution in [2.45, 2.75) is 222 Å². The van der Waals surface area contributed by atoms with E-state index in [0.717, 1.165) is 6.92 Å². The van der Waals surface area contributed by atoms with Gasteiger partial charge in [0.15, 0.2) is 44.0 Å². The van der Waals surface area contributed by atoms with Crippen LogP contribution in [0.15, 0.2) is 0 Å². The molecule has 0 aromatic carbocycles. The van der Waals surface area contributed by atoms with Crippen molar-refractivity contribution in [3.05, 3.63) is 0 Å². The largest absolute Gasteiger partial charge is 0.457 e. The van der Waals surface area contributed by atoms with E-state index in [1.165, 1.54) is 0 Å². The van der Waals surface area contributed by atoms with Crippen LogP contribution in [0.3, 0.4) is 0 Å². The Hall–Kier alpha value is -2.22. The van der Waals surface area contributed by atoms with Crippen LogP contribution in [0.25, 0.3) is 0 Å². The van der Waals surface area contributed by atoms with E-state index in [2.05, 4.69) is 0 Å². The molecule has 14 bridgehead atoms. The quantitative estimate of drug-likeness (QED) is 0.0753. The molecule has 21 rings (SSSR count). The molecule has 0 aliphatic carbocycles. The van der Waals surface area contributed by atoms with Gasteiger partial charge in [0.2, 0.25) is 5.78 Å². The molecule has 21 saturated heterocycles. The second-order valence-electron chi connectivity index (χ2n) is 20.6. The number of hydrogen-bond donors (Lipinski definition) is 20. The number of esters is 1. The fraction of sp³-hybridized carbons (Fsp3) is 0.956. The summed E-state index contributed by atoms with van der Waals surface area (Å²) < 4.78 is 84.9. The Balaban J connectivity index is 1.10. The van der Waals surface area contributed by atoms with Gasteiger partial charge >= 0.3 is 5.97 Å². The van der Waals surface area contributed by atoms with Crippen molar-refractivity contribution in [1.29, 1.82) is 0 Å². The molecule has 0 amide bonds. The third kappa shape index (κ3) is 13.1. The van der Waals surface area contributed by atoms with Crippen molar-refractivity contribution in [1.82, 2.24) is 0 Å². The molecule has 82 heavy (non-hydrogen) atoms. The highest BCUT2D eigenvalue weighted by Crippen LogP contribution is 2.39. The summed E-state index contributed by atoms with van der Waals surface area (Å²) >= 11 is 0. The second kappa shape index (κ2) is 27.9. The van der Waals surface area contributed by atoms with Gasteiger partial charge in [0.05, 0.1) is 39.6 Å². The maximum absolute atomic E-state index is 12.4.